The van der Waals surface area contributed by atoms with Gasteiger partial charge in [0.2, 0.25) is 11.8 Å². The van der Waals surface area contributed by atoms with Gasteiger partial charge in [-0.15, -0.1) is 0 Å². The standard InChI is InChI=1S/C67H103N5O19/c1-42-21-19-17-15-13-11-9-10-12-14-16-18-20-22-54(89-66-63(85)61(62(84)44(3)88-66)70-58(82)41-72(7)8)38-57-60(65(86)69-29-30-71(5)6)56(81)40-67(87,91-57)39-53(79)35-51(77)33-49(75)31-48(74)32-50(76)34-52(78)37-59(83)90-64(42)43(2)23-28-47(73)36-55(80)45-24-26-46(68-4)27-25-45/h9-22,24-27,42-44,47-49,51-54,56-57,60-64,66,68,73-75,77-79,81,84-85,87H,23,28-41H2,1-8H3,(H,69,86)(H,70,82)/b10-9-,13-11-,14-12+,17-15+,18-16+,21-19+,22-20+/t42-,43-,44?,47?,48+,49-,51-,52+,53-,54-,56-,57?,60+,61?,62?,63?,64?,66?,67+/m0/s1. The molecule has 8 unspecified atom stereocenters. The average molecular weight is 1280 g/mol. The number of nitrogens with one attached hydrogen (secondary N) is 3. The summed E-state index contributed by atoms with van der Waals surface area (Å²) >= 11 is 0. The molecule has 0 saturated carbocycles. The highest BCUT2D eigenvalue weighted by atomic mass is 16.7. The first kappa shape index (κ1) is 77.8. The quantitative estimate of drug-likeness (QED) is 0.0784. The van der Waals surface area contributed by atoms with Crippen LogP contribution in [-0.2, 0) is 38.1 Å². The molecular formula is C67H103N5O19. The van der Waals surface area contributed by atoms with E-state index in [1.807, 2.05) is 38.9 Å². The molecule has 510 valence electrons. The fraction of sp³-hybridized carbons (Fsp3) is 0.627. The van der Waals surface area contributed by atoms with Gasteiger partial charge in [-0.3, -0.25) is 24.0 Å². The number of likely N-dealkylation sites (N-methyl/N-ethyl adjacent to an activating group) is 2. The number of aliphatic hydroxyl groups is 10. The van der Waals surface area contributed by atoms with Crippen molar-refractivity contribution < 1.29 is 94.0 Å². The molecule has 3 aliphatic rings. The largest absolute Gasteiger partial charge is 0.461 e. The van der Waals surface area contributed by atoms with E-state index in [4.69, 9.17) is 18.9 Å². The van der Waals surface area contributed by atoms with E-state index in [0.717, 1.165) is 5.69 Å². The number of rotatable bonds is 17. The van der Waals surface area contributed by atoms with E-state index >= 15 is 0 Å². The van der Waals surface area contributed by atoms with Crippen LogP contribution in [0.25, 0.3) is 0 Å². The predicted molar refractivity (Wildman–Crippen MR) is 342 cm³/mol. The van der Waals surface area contributed by atoms with Crippen LogP contribution in [0.1, 0.15) is 108 Å². The molecule has 13 N–H and O–H groups in total. The van der Waals surface area contributed by atoms with Gasteiger partial charge in [0.15, 0.2) is 17.9 Å². The van der Waals surface area contributed by atoms with E-state index in [1.54, 1.807) is 129 Å². The summed E-state index contributed by atoms with van der Waals surface area (Å²) < 4.78 is 24.6. The van der Waals surface area contributed by atoms with Crippen LogP contribution < -0.4 is 16.0 Å². The number of allylic oxidation sites excluding steroid dienone is 12. The van der Waals surface area contributed by atoms with Crippen molar-refractivity contribution in [2.24, 2.45) is 17.8 Å². The van der Waals surface area contributed by atoms with Crippen LogP contribution in [0.5, 0.6) is 0 Å². The number of ketones is 2. The van der Waals surface area contributed by atoms with Gasteiger partial charge >= 0.3 is 5.97 Å². The maximum absolute atomic E-state index is 14.0. The lowest BCUT2D eigenvalue weighted by atomic mass is 9.82. The molecule has 24 heteroatoms. The molecule has 2 fully saturated rings. The average Bonchev–Trinajstić information content (AvgIpc) is 0.818. The number of Topliss-reactive ketones (excluding diaryl/α,β-unsaturated/α-hetero) is 2. The lowest BCUT2D eigenvalue weighted by Crippen LogP contribution is -2.64. The number of hydrogen-bond acceptors (Lipinski definition) is 22. The molecule has 2 saturated heterocycles. The summed E-state index contributed by atoms with van der Waals surface area (Å²) in [6, 6.07) is 5.68. The van der Waals surface area contributed by atoms with Crippen LogP contribution in [0.2, 0.25) is 0 Å². The maximum Gasteiger partial charge on any atom is 0.308 e. The van der Waals surface area contributed by atoms with E-state index in [9.17, 15) is 75.0 Å². The third kappa shape index (κ3) is 28.6. The minimum Gasteiger partial charge on any atom is -0.461 e. The highest BCUT2D eigenvalue weighted by Gasteiger charge is 2.51. The van der Waals surface area contributed by atoms with Gasteiger partial charge in [0.05, 0.1) is 86.0 Å². The molecule has 2 amide bonds. The first-order valence-corrected chi connectivity index (χ1v) is 31.5. The van der Waals surface area contributed by atoms with Crippen molar-refractivity contribution in [2.45, 2.75) is 195 Å². The first-order valence-electron chi connectivity index (χ1n) is 31.5. The Labute approximate surface area is 535 Å². The van der Waals surface area contributed by atoms with Crippen LogP contribution >= 0.6 is 0 Å². The zero-order valence-electron chi connectivity index (χ0n) is 53.9. The van der Waals surface area contributed by atoms with E-state index in [0.29, 0.717) is 18.5 Å². The number of fused-ring (bicyclic) bond motifs is 2. The van der Waals surface area contributed by atoms with Crippen LogP contribution in [-0.4, -0.2) is 243 Å². The van der Waals surface area contributed by atoms with Gasteiger partial charge in [0.25, 0.3) is 0 Å². The number of ether oxygens (including phenoxy) is 4. The summed E-state index contributed by atoms with van der Waals surface area (Å²) in [5.74, 6) is -7.10. The number of hydrogen-bond donors (Lipinski definition) is 13. The Bertz CT molecular complexity index is 2610. The Hall–Kier alpha value is -5.65. The first-order chi connectivity index (χ1) is 43.1. The van der Waals surface area contributed by atoms with Gasteiger partial charge in [-0.25, -0.2) is 0 Å². The normalized spacial score (nSPS) is 34.9. The number of cyclic esters (lactones) is 1. The Morgan fingerprint density at radius 2 is 1.27 bits per heavy atom. The predicted octanol–water partition coefficient (Wildman–Crippen LogP) is 2.06. The number of aliphatic hydroxyl groups excluding tert-OH is 9. The lowest BCUT2D eigenvalue weighted by Gasteiger charge is -2.46. The zero-order valence-corrected chi connectivity index (χ0v) is 53.9. The second-order valence-corrected chi connectivity index (χ2v) is 24.9. The minimum absolute atomic E-state index is 0.0513. The molecule has 0 spiro atoms. The van der Waals surface area contributed by atoms with Crippen molar-refractivity contribution in [1.82, 2.24) is 20.4 Å². The third-order valence-electron chi connectivity index (χ3n) is 16.0. The van der Waals surface area contributed by atoms with Gasteiger partial charge in [-0.2, -0.15) is 0 Å². The SMILES string of the molecule is CNc1ccc(C(=O)CC(O)CC[C@H](C)C2OC(=O)C[C@H](O)CC(=O)C[C@H](O)C[C@H](O)C[C@H](O)C[C@H](O)C[C@]3(O)C[C@H](O)[C@@H](C(=O)NCCN(C)C)C(C[C@@H](OC4OC(C)C(O)C(NC(=O)CN(C)C)C4O)/C=C/C=C/C=C/C=C\C=C/C=C/C=C/[C@@H]2C)O3)cc1. The maximum atomic E-state index is 14.0. The van der Waals surface area contributed by atoms with Crippen molar-refractivity contribution in [2.75, 3.05) is 60.2 Å². The Morgan fingerprint density at radius 3 is 1.87 bits per heavy atom. The van der Waals surface area contributed by atoms with E-state index in [1.165, 1.54) is 6.92 Å². The summed E-state index contributed by atoms with van der Waals surface area (Å²) in [5, 5.41) is 121. The molecule has 3 aliphatic heterocycles. The third-order valence-corrected chi connectivity index (χ3v) is 16.0. The molecule has 4 rings (SSSR count). The summed E-state index contributed by atoms with van der Waals surface area (Å²) in [7, 11) is 8.75. The van der Waals surface area contributed by atoms with Gasteiger partial charge in [0, 0.05) is 75.8 Å². The second kappa shape index (κ2) is 39.8. The summed E-state index contributed by atoms with van der Waals surface area (Å²) in [5.41, 5.74) is 1.30. The van der Waals surface area contributed by atoms with Gasteiger partial charge in [0.1, 0.15) is 24.1 Å². The highest BCUT2D eigenvalue weighted by Crippen LogP contribution is 2.38. The number of anilines is 1. The van der Waals surface area contributed by atoms with Crippen LogP contribution in [0.15, 0.2) is 109 Å². The lowest BCUT2D eigenvalue weighted by molar-refractivity contribution is -0.307. The molecule has 2 bridgehead atoms. The Morgan fingerprint density at radius 1 is 0.703 bits per heavy atom. The molecule has 19 atom stereocenters. The van der Waals surface area contributed by atoms with Gasteiger partial charge in [-0.05, 0) is 97.4 Å². The molecule has 3 heterocycles. The number of carbonyl (C=O) groups excluding carboxylic acids is 5. The van der Waals surface area contributed by atoms with Crippen molar-refractivity contribution in [3.05, 3.63) is 115 Å². The Balaban J connectivity index is 1.62. The number of carbonyl (C=O) groups is 5. The molecule has 0 aromatic heterocycles. The van der Waals surface area contributed by atoms with Crippen molar-refractivity contribution >= 4 is 35.0 Å². The van der Waals surface area contributed by atoms with Gasteiger partial charge < -0.3 is 95.8 Å². The fourth-order valence-electron chi connectivity index (χ4n) is 11.3. The molecule has 1 aromatic rings. The van der Waals surface area contributed by atoms with Crippen molar-refractivity contribution in [3.8, 4) is 0 Å². The minimum atomic E-state index is -2.32. The smallest absolute Gasteiger partial charge is 0.308 e. The van der Waals surface area contributed by atoms with Crippen LogP contribution in [0, 0.1) is 17.8 Å². The van der Waals surface area contributed by atoms with E-state index in [2.05, 4.69) is 16.0 Å². The molecule has 91 heavy (non-hydrogen) atoms. The Kier molecular flexibility index (Phi) is 34.0. The number of amides is 2. The van der Waals surface area contributed by atoms with E-state index < -0.39 is 178 Å². The number of nitrogens with zero attached hydrogens (tertiary/aromatic N) is 2. The molecule has 0 radical (unpaired) electrons. The van der Waals surface area contributed by atoms with Crippen LogP contribution in [0.4, 0.5) is 5.69 Å². The summed E-state index contributed by atoms with van der Waals surface area (Å²) in [4.78, 5) is 69.8. The van der Waals surface area contributed by atoms with Crippen molar-refractivity contribution in [3.63, 3.8) is 0 Å². The zero-order chi connectivity index (χ0) is 67.4. The molecule has 1 aromatic carbocycles. The summed E-state index contributed by atoms with van der Waals surface area (Å²) in [6.07, 6.45) is 2.19. The highest BCUT2D eigenvalue weighted by molar-refractivity contribution is 5.96. The second-order valence-electron chi connectivity index (χ2n) is 24.9. The number of esters is 1. The molecular weight excluding hydrogens is 1180 g/mol. The summed E-state index contributed by atoms with van der Waals surface area (Å²) in [6.45, 7) is 5.81. The van der Waals surface area contributed by atoms with E-state index in [-0.39, 0.29) is 50.0 Å². The molecule has 0 aliphatic carbocycles. The van der Waals surface area contributed by atoms with Crippen molar-refractivity contribution in [1.29, 1.82) is 0 Å². The van der Waals surface area contributed by atoms with Gasteiger partial charge in [-0.1, -0.05) is 98.9 Å². The van der Waals surface area contributed by atoms with Crippen LogP contribution in [0.3, 0.4) is 0 Å². The number of benzene rings is 1. The molecule has 24 nitrogen and oxygen atoms in total. The fourth-order valence-corrected chi connectivity index (χ4v) is 11.3. The monoisotopic (exact) mass is 1280 g/mol. The topological polar surface area (TPSA) is 367 Å².